The summed E-state index contributed by atoms with van der Waals surface area (Å²) in [6.07, 6.45) is 11.3. The molecule has 4 aliphatic carbocycles. The Balaban J connectivity index is 1.43. The Morgan fingerprint density at radius 3 is 2.50 bits per heavy atom. The number of hydrogen-bond donors (Lipinski definition) is 2. The molecule has 0 saturated heterocycles. The Hall–Kier alpha value is -0.650. The van der Waals surface area contributed by atoms with Crippen molar-refractivity contribution in [3.05, 3.63) is 0 Å². The monoisotopic (exact) mass is 476 g/mol. The van der Waals surface area contributed by atoms with E-state index in [1.54, 1.807) is 0 Å². The lowest BCUT2D eigenvalue weighted by Crippen LogP contribution is -2.59. The summed E-state index contributed by atoms with van der Waals surface area (Å²) < 4.78 is 4.90. The Kier molecular flexibility index (Phi) is 8.06. The van der Waals surface area contributed by atoms with Gasteiger partial charge in [-0.05, 0) is 118 Å². The molecule has 4 saturated carbocycles. The van der Waals surface area contributed by atoms with Crippen LogP contribution < -0.4 is 5.32 Å². The van der Waals surface area contributed by atoms with E-state index in [1.165, 1.54) is 52.1 Å². The van der Waals surface area contributed by atoms with Crippen LogP contribution in [0.25, 0.3) is 0 Å². The highest BCUT2D eigenvalue weighted by Crippen LogP contribution is 2.68. The van der Waals surface area contributed by atoms with Gasteiger partial charge in [0, 0.05) is 25.6 Å². The summed E-state index contributed by atoms with van der Waals surface area (Å²) >= 11 is 0. The number of carbonyl (C=O) groups excluding carboxylic acids is 1. The standard InChI is InChI=1S/C29H52N2O3/c1-19(7-10-26(33)34-6)22-8-9-23-27-24(12-14-29(22,23)3)28(2)13-11-21(30-15-16-31(4)5)17-20(28)18-25(27)32/h19-25,27,30,32H,7-18H2,1-6H3/t19-,20-,21?,22-,23?,24?,25-,27?,28+,29-/m1/s1. The summed E-state index contributed by atoms with van der Waals surface area (Å²) in [6.45, 7) is 9.63. The molecule has 0 radical (unpaired) electrons. The first-order valence-electron chi connectivity index (χ1n) is 14.2. The summed E-state index contributed by atoms with van der Waals surface area (Å²) in [5.41, 5.74) is 0.700. The van der Waals surface area contributed by atoms with Gasteiger partial charge in [-0.3, -0.25) is 4.79 Å². The Morgan fingerprint density at radius 2 is 1.79 bits per heavy atom. The average Bonchev–Trinajstić information content (AvgIpc) is 3.15. The van der Waals surface area contributed by atoms with Crippen molar-refractivity contribution >= 4 is 5.97 Å². The highest BCUT2D eigenvalue weighted by Gasteiger charge is 2.62. The zero-order chi connectivity index (χ0) is 24.7. The quantitative estimate of drug-likeness (QED) is 0.496. The zero-order valence-electron chi connectivity index (χ0n) is 22.8. The van der Waals surface area contributed by atoms with Crippen molar-refractivity contribution in [1.29, 1.82) is 0 Å². The van der Waals surface area contributed by atoms with Crippen molar-refractivity contribution in [2.75, 3.05) is 34.3 Å². The van der Waals surface area contributed by atoms with Crippen molar-refractivity contribution < 1.29 is 14.6 Å². The molecular formula is C29H52N2O3. The molecule has 0 aromatic heterocycles. The fourth-order valence-corrected chi connectivity index (χ4v) is 9.52. The van der Waals surface area contributed by atoms with Gasteiger partial charge >= 0.3 is 5.97 Å². The van der Waals surface area contributed by atoms with Crippen LogP contribution in [0.5, 0.6) is 0 Å². The predicted molar refractivity (Wildman–Crippen MR) is 137 cm³/mol. The number of rotatable bonds is 8. The number of ether oxygens (including phenoxy) is 1. The van der Waals surface area contributed by atoms with Crippen LogP contribution in [-0.2, 0) is 9.53 Å². The van der Waals surface area contributed by atoms with Gasteiger partial charge in [0.1, 0.15) is 0 Å². The van der Waals surface area contributed by atoms with Crippen LogP contribution in [0.2, 0.25) is 0 Å². The van der Waals surface area contributed by atoms with Gasteiger partial charge in [0.15, 0.2) is 0 Å². The number of aliphatic hydroxyl groups is 1. The smallest absolute Gasteiger partial charge is 0.305 e. The molecule has 0 aliphatic heterocycles. The molecule has 5 nitrogen and oxygen atoms in total. The molecule has 10 atom stereocenters. The molecule has 0 amide bonds. The van der Waals surface area contributed by atoms with E-state index in [-0.39, 0.29) is 12.1 Å². The van der Waals surface area contributed by atoms with E-state index in [4.69, 9.17) is 4.74 Å². The lowest BCUT2D eigenvalue weighted by atomic mass is 9.43. The number of nitrogens with zero attached hydrogens (tertiary/aromatic N) is 1. The molecular weight excluding hydrogens is 424 g/mol. The topological polar surface area (TPSA) is 61.8 Å². The van der Waals surface area contributed by atoms with Crippen molar-refractivity contribution in [3.8, 4) is 0 Å². The second-order valence-electron chi connectivity index (χ2n) is 13.3. The number of esters is 1. The van der Waals surface area contributed by atoms with Crippen LogP contribution in [0.4, 0.5) is 0 Å². The van der Waals surface area contributed by atoms with Crippen molar-refractivity contribution in [1.82, 2.24) is 10.2 Å². The molecule has 4 rings (SSSR count). The van der Waals surface area contributed by atoms with Gasteiger partial charge in [0.25, 0.3) is 0 Å². The summed E-state index contributed by atoms with van der Waals surface area (Å²) in [4.78, 5) is 14.0. The minimum absolute atomic E-state index is 0.0799. The predicted octanol–water partition coefficient (Wildman–Crippen LogP) is 4.73. The second-order valence-corrected chi connectivity index (χ2v) is 13.3. The number of likely N-dealkylation sites (N-methyl/N-ethyl adjacent to an activating group) is 1. The van der Waals surface area contributed by atoms with Crippen LogP contribution in [0.15, 0.2) is 0 Å². The maximum absolute atomic E-state index is 11.7. The first-order chi connectivity index (χ1) is 16.1. The number of methoxy groups -OCH3 is 1. The molecule has 0 heterocycles. The van der Waals surface area contributed by atoms with Crippen LogP contribution >= 0.6 is 0 Å². The van der Waals surface area contributed by atoms with Gasteiger partial charge in [-0.15, -0.1) is 0 Å². The second kappa shape index (κ2) is 10.4. The van der Waals surface area contributed by atoms with Gasteiger partial charge < -0.3 is 20.1 Å². The number of hydrogen-bond acceptors (Lipinski definition) is 5. The van der Waals surface area contributed by atoms with E-state index < -0.39 is 0 Å². The lowest BCUT2D eigenvalue weighted by molar-refractivity contribution is -0.167. The fraction of sp³-hybridized carbons (Fsp3) is 0.966. The molecule has 196 valence electrons. The molecule has 0 bridgehead atoms. The summed E-state index contributed by atoms with van der Waals surface area (Å²) in [5.74, 6) is 3.55. The van der Waals surface area contributed by atoms with Gasteiger partial charge in [-0.1, -0.05) is 20.8 Å². The van der Waals surface area contributed by atoms with E-state index in [2.05, 4.69) is 45.1 Å². The molecule has 0 spiro atoms. The van der Waals surface area contributed by atoms with Gasteiger partial charge in [-0.2, -0.15) is 0 Å². The van der Waals surface area contributed by atoms with Gasteiger partial charge in [0.2, 0.25) is 0 Å². The lowest BCUT2D eigenvalue weighted by Gasteiger charge is -2.62. The summed E-state index contributed by atoms with van der Waals surface area (Å²) in [7, 11) is 5.77. The number of carbonyl (C=O) groups is 1. The largest absolute Gasteiger partial charge is 0.469 e. The molecule has 0 aromatic rings. The Labute approximate surface area is 208 Å². The number of aliphatic hydroxyl groups excluding tert-OH is 1. The maximum atomic E-state index is 11.7. The first kappa shape index (κ1) is 26.4. The van der Waals surface area contributed by atoms with E-state index in [1.807, 2.05) is 0 Å². The van der Waals surface area contributed by atoms with Crippen LogP contribution in [0, 0.1) is 46.3 Å². The van der Waals surface area contributed by atoms with Crippen molar-refractivity contribution in [2.45, 2.75) is 97.1 Å². The third-order valence-electron chi connectivity index (χ3n) is 11.5. The number of fused-ring (bicyclic) bond motifs is 5. The van der Waals surface area contributed by atoms with Crippen LogP contribution in [0.1, 0.15) is 85.0 Å². The SMILES string of the molecule is COC(=O)CC[C@@H](C)[C@H]1CCC2C3C(CC[C@@]21C)[C@@]1(C)CCC(NCCN(C)C)C[C@@H]1C[C@H]3O. The third kappa shape index (κ3) is 4.83. The minimum Gasteiger partial charge on any atom is -0.469 e. The van der Waals surface area contributed by atoms with E-state index in [0.29, 0.717) is 58.8 Å². The molecule has 4 fully saturated rings. The molecule has 4 unspecified atom stereocenters. The van der Waals surface area contributed by atoms with E-state index in [0.717, 1.165) is 25.9 Å². The summed E-state index contributed by atoms with van der Waals surface area (Å²) in [5, 5.41) is 15.4. The maximum Gasteiger partial charge on any atom is 0.305 e. The Morgan fingerprint density at radius 1 is 1.09 bits per heavy atom. The summed E-state index contributed by atoms with van der Waals surface area (Å²) in [6, 6.07) is 0.613. The normalized spacial score (nSPS) is 44.8. The zero-order valence-corrected chi connectivity index (χ0v) is 22.8. The molecule has 0 aromatic carbocycles. The van der Waals surface area contributed by atoms with Gasteiger partial charge in [-0.25, -0.2) is 0 Å². The van der Waals surface area contributed by atoms with E-state index in [9.17, 15) is 9.90 Å². The van der Waals surface area contributed by atoms with Crippen molar-refractivity contribution in [3.63, 3.8) is 0 Å². The molecule has 4 aliphatic rings. The number of nitrogens with one attached hydrogen (secondary N) is 1. The van der Waals surface area contributed by atoms with E-state index >= 15 is 0 Å². The molecule has 2 N–H and O–H groups in total. The van der Waals surface area contributed by atoms with Gasteiger partial charge in [0.05, 0.1) is 13.2 Å². The molecule has 34 heavy (non-hydrogen) atoms. The molecule has 5 heteroatoms. The van der Waals surface area contributed by atoms with Crippen LogP contribution in [-0.4, -0.2) is 62.4 Å². The highest BCUT2D eigenvalue weighted by atomic mass is 16.5. The minimum atomic E-state index is -0.141. The first-order valence-corrected chi connectivity index (χ1v) is 14.2. The fourth-order valence-electron chi connectivity index (χ4n) is 9.52. The Bertz CT molecular complexity index is 713. The third-order valence-corrected chi connectivity index (χ3v) is 11.5. The van der Waals surface area contributed by atoms with Crippen LogP contribution in [0.3, 0.4) is 0 Å². The highest BCUT2D eigenvalue weighted by molar-refractivity contribution is 5.69. The average molecular weight is 477 g/mol. The van der Waals surface area contributed by atoms with Crippen molar-refractivity contribution in [2.24, 2.45) is 46.3 Å².